The fourth-order valence-electron chi connectivity index (χ4n) is 3.65. The van der Waals surface area contributed by atoms with Crippen LogP contribution in [0.4, 0.5) is 14.6 Å². The SMILES string of the molecule is [2H]C1C([2H])C2([2H])[C@H](C(C)=O)[C@@H](Nc3nc(-c4c[nH]c5ncc(F)cc45)ncc3F)C1([2H])C([2H])([2H])C2([2H])[2H]. The largest absolute Gasteiger partial charge is 0.364 e. The molecule has 0 aromatic carbocycles. The second-order valence-corrected chi connectivity index (χ2v) is 6.85. The second kappa shape index (κ2) is 6.86. The van der Waals surface area contributed by atoms with E-state index in [-0.39, 0.29) is 16.8 Å². The number of aromatic nitrogens is 4. The van der Waals surface area contributed by atoms with Gasteiger partial charge in [-0.1, -0.05) is 0 Å². The van der Waals surface area contributed by atoms with Gasteiger partial charge in [0.15, 0.2) is 17.5 Å². The van der Waals surface area contributed by atoms with Crippen LogP contribution in [0.15, 0.2) is 24.7 Å². The number of Topliss-reactive ketones (excluding diaryl/α,β-unsaturated/α-hetero) is 1. The molecule has 0 aliphatic heterocycles. The van der Waals surface area contributed by atoms with Gasteiger partial charge in [-0.15, -0.1) is 0 Å². The summed E-state index contributed by atoms with van der Waals surface area (Å²) in [6, 6.07) is -0.622. The van der Waals surface area contributed by atoms with E-state index in [1.165, 1.54) is 6.20 Å². The molecule has 29 heavy (non-hydrogen) atoms. The molecule has 4 unspecified atom stereocenters. The summed E-state index contributed by atoms with van der Waals surface area (Å²) in [5, 5.41) is 2.80. The first-order chi connectivity index (χ1) is 17.1. The smallest absolute Gasteiger partial charge is 0.183 e. The number of fused-ring (bicyclic) bond motifs is 4. The first-order valence-corrected chi connectivity index (χ1v) is 8.87. The molecule has 2 N–H and O–H groups in total. The van der Waals surface area contributed by atoms with Crippen molar-refractivity contribution in [1.82, 2.24) is 19.9 Å². The highest BCUT2D eigenvalue weighted by Crippen LogP contribution is 2.46. The summed E-state index contributed by atoms with van der Waals surface area (Å²) in [5.41, 5.74) is 0.544. The molecule has 0 amide bonds. The number of H-pyrrole nitrogens is 1. The van der Waals surface area contributed by atoms with Crippen LogP contribution in [0.25, 0.3) is 22.4 Å². The van der Waals surface area contributed by atoms with Crippen molar-refractivity contribution in [3.63, 3.8) is 0 Å². The number of hydrogen-bond acceptors (Lipinski definition) is 5. The van der Waals surface area contributed by atoms with Crippen LogP contribution in [0.5, 0.6) is 0 Å². The van der Waals surface area contributed by atoms with Crippen molar-refractivity contribution in [3.8, 4) is 11.4 Å². The average molecular weight is 405 g/mol. The van der Waals surface area contributed by atoms with Crippen LogP contribution in [-0.2, 0) is 4.79 Å². The molecule has 3 aromatic heterocycles. The molecule has 3 aromatic rings. The molecule has 2 bridgehead atoms. The number of rotatable bonds is 4. The highest BCUT2D eigenvalue weighted by molar-refractivity contribution is 5.91. The molecule has 3 fully saturated rings. The normalized spacial score (nSPS) is 43.7. The van der Waals surface area contributed by atoms with Crippen LogP contribution in [0.2, 0.25) is 0 Å². The number of carbonyl (C=O) groups excluding carboxylic acids is 1. The van der Waals surface area contributed by atoms with E-state index in [4.69, 9.17) is 11.0 Å². The van der Waals surface area contributed by atoms with E-state index in [1.807, 2.05) is 0 Å². The Kier molecular flexibility index (Phi) is 2.68. The Morgan fingerprint density at radius 1 is 1.28 bits per heavy atom. The first-order valence-electron chi connectivity index (χ1n) is 13.0. The molecule has 0 radical (unpaired) electrons. The lowest BCUT2D eigenvalue weighted by Gasteiger charge is -2.48. The summed E-state index contributed by atoms with van der Waals surface area (Å²) in [6.45, 7) is 1.02. The van der Waals surface area contributed by atoms with E-state index in [2.05, 4.69) is 25.3 Å². The Labute approximate surface area is 177 Å². The van der Waals surface area contributed by atoms with Crippen molar-refractivity contribution in [2.45, 2.75) is 38.5 Å². The van der Waals surface area contributed by atoms with Crippen LogP contribution >= 0.6 is 0 Å². The molecule has 8 heteroatoms. The number of carbonyl (C=O) groups is 1. The van der Waals surface area contributed by atoms with Gasteiger partial charge in [-0.25, -0.2) is 23.7 Å². The zero-order valence-electron chi connectivity index (χ0n) is 23.1. The molecular weight excluding hydrogens is 376 g/mol. The summed E-state index contributed by atoms with van der Waals surface area (Å²) in [5.74, 6) is -10.6. The van der Waals surface area contributed by atoms with E-state index < -0.39 is 72.5 Å². The van der Waals surface area contributed by atoms with Crippen molar-refractivity contribution in [2.75, 3.05) is 5.32 Å². The molecular formula is C21H21F2N5O. The molecule has 0 spiro atoms. The maximum absolute atomic E-state index is 14.9. The van der Waals surface area contributed by atoms with E-state index in [0.29, 0.717) is 5.65 Å². The van der Waals surface area contributed by atoms with Gasteiger partial charge in [0.1, 0.15) is 17.2 Å². The van der Waals surface area contributed by atoms with Crippen molar-refractivity contribution < 1.29 is 24.5 Å². The third-order valence-electron chi connectivity index (χ3n) is 5.01. The lowest BCUT2D eigenvalue weighted by atomic mass is 9.60. The number of hydrogen-bond donors (Lipinski definition) is 2. The molecule has 3 aliphatic rings. The van der Waals surface area contributed by atoms with Gasteiger partial charge >= 0.3 is 0 Å². The van der Waals surface area contributed by atoms with E-state index >= 15 is 0 Å². The molecule has 6 nitrogen and oxygen atoms in total. The van der Waals surface area contributed by atoms with Crippen LogP contribution in [-0.4, -0.2) is 31.8 Å². The first kappa shape index (κ1) is 11.3. The fourth-order valence-corrected chi connectivity index (χ4v) is 3.65. The van der Waals surface area contributed by atoms with Crippen molar-refractivity contribution >= 4 is 22.6 Å². The number of nitrogens with one attached hydrogen (secondary N) is 2. The summed E-state index contributed by atoms with van der Waals surface area (Å²) < 4.78 is 97.0. The number of halogens is 2. The zero-order chi connectivity index (χ0) is 27.3. The van der Waals surface area contributed by atoms with Gasteiger partial charge in [-0.2, -0.15) is 0 Å². The van der Waals surface area contributed by atoms with Gasteiger partial charge in [0.25, 0.3) is 0 Å². The Morgan fingerprint density at radius 2 is 2.07 bits per heavy atom. The average Bonchev–Trinajstić information content (AvgIpc) is 3.24. The van der Waals surface area contributed by atoms with Crippen LogP contribution in [0.1, 0.15) is 43.4 Å². The Hall–Kier alpha value is -2.90. The Bertz CT molecular complexity index is 1440. The second-order valence-electron chi connectivity index (χ2n) is 6.85. The third-order valence-corrected chi connectivity index (χ3v) is 5.01. The minimum atomic E-state index is -3.18. The summed E-state index contributed by atoms with van der Waals surface area (Å²) in [6.07, 6.45) is -7.04. The van der Waals surface area contributed by atoms with E-state index in [1.54, 1.807) is 0 Å². The van der Waals surface area contributed by atoms with Crippen LogP contribution in [0, 0.1) is 29.3 Å². The molecule has 0 saturated heterocycles. The number of anilines is 1. The van der Waals surface area contributed by atoms with Crippen molar-refractivity contribution in [2.24, 2.45) is 17.7 Å². The molecule has 3 saturated carbocycles. The predicted octanol–water partition coefficient (Wildman–Crippen LogP) is 4.10. The number of pyridine rings is 1. The van der Waals surface area contributed by atoms with Crippen LogP contribution < -0.4 is 5.32 Å². The maximum atomic E-state index is 14.9. The van der Waals surface area contributed by atoms with Crippen molar-refractivity contribution in [1.29, 1.82) is 0 Å². The number of aromatic amines is 1. The third kappa shape index (κ3) is 3.07. The quantitative estimate of drug-likeness (QED) is 0.683. The molecule has 6 atom stereocenters. The zero-order valence-corrected chi connectivity index (χ0v) is 15.1. The fraction of sp³-hybridized carbons (Fsp3) is 0.429. The lowest BCUT2D eigenvalue weighted by Crippen LogP contribution is -2.51. The minimum absolute atomic E-state index is 0.110. The van der Waals surface area contributed by atoms with Gasteiger partial charge < -0.3 is 10.3 Å². The minimum Gasteiger partial charge on any atom is -0.364 e. The monoisotopic (exact) mass is 405 g/mol. The summed E-state index contributed by atoms with van der Waals surface area (Å²) in [4.78, 5) is 27.5. The molecule has 6 rings (SSSR count). The van der Waals surface area contributed by atoms with Gasteiger partial charge in [-0.05, 0) is 50.3 Å². The molecule has 150 valence electrons. The molecule has 3 heterocycles. The summed E-state index contributed by atoms with van der Waals surface area (Å²) in [7, 11) is 0. The summed E-state index contributed by atoms with van der Waals surface area (Å²) >= 11 is 0. The van der Waals surface area contributed by atoms with Gasteiger partial charge in [0, 0.05) is 40.1 Å². The van der Waals surface area contributed by atoms with Gasteiger partial charge in [0.2, 0.25) is 0 Å². The standard InChI is InChI=1S/C21H21F2N5O/c1-10(29)17-11-2-4-12(5-3-11)18(17)27-21-16(23)9-26-20(28-21)15-8-25-19-14(15)6-13(22)7-24-19/h6-9,11-12,17-18H,2-5H2,1H3,(H,24,25)(H,26,27,28)/t11?,12?,17-,18-/m0/s1/i2D,3D2,4D,5D2,11D,12D/t2?,4?,11?,12?,17-,18-. The lowest BCUT2D eigenvalue weighted by molar-refractivity contribution is -0.126. The number of nitrogens with zero attached hydrogens (tertiary/aromatic N) is 3. The number of ketones is 1. The highest BCUT2D eigenvalue weighted by atomic mass is 19.1. The van der Waals surface area contributed by atoms with E-state index in [0.717, 1.165) is 25.4 Å². The maximum Gasteiger partial charge on any atom is 0.183 e. The topological polar surface area (TPSA) is 83.6 Å². The molecule has 3 aliphatic carbocycles. The van der Waals surface area contributed by atoms with E-state index in [9.17, 15) is 13.6 Å². The Balaban J connectivity index is 1.66. The van der Waals surface area contributed by atoms with Gasteiger partial charge in [-0.3, -0.25) is 4.79 Å². The predicted molar refractivity (Wildman–Crippen MR) is 104 cm³/mol. The Morgan fingerprint density at radius 3 is 2.90 bits per heavy atom. The van der Waals surface area contributed by atoms with Crippen LogP contribution in [0.3, 0.4) is 0 Å². The van der Waals surface area contributed by atoms with Gasteiger partial charge in [0.05, 0.1) is 12.4 Å². The highest BCUT2D eigenvalue weighted by Gasteiger charge is 2.46. The van der Waals surface area contributed by atoms with Crippen molar-refractivity contribution in [3.05, 3.63) is 36.3 Å².